The Labute approximate surface area is 122 Å². The number of aryl methyl sites for hydroxylation is 1. The predicted molar refractivity (Wildman–Crippen MR) is 77.8 cm³/mol. The Balaban J connectivity index is 1.83. The summed E-state index contributed by atoms with van der Waals surface area (Å²) in [6.45, 7) is 3.75. The molecule has 3 N–H and O–H groups in total. The van der Waals surface area contributed by atoms with Crippen LogP contribution in [0.4, 0.5) is 5.69 Å². The third kappa shape index (κ3) is 2.64. The summed E-state index contributed by atoms with van der Waals surface area (Å²) in [4.78, 5) is 12.3. The van der Waals surface area contributed by atoms with E-state index in [0.29, 0.717) is 5.69 Å². The SMILES string of the molecule is Cc1ccc(NC(=O)C(C)(N)C2CC2)cc1-n1cnnn1. The van der Waals surface area contributed by atoms with Gasteiger partial charge in [0.2, 0.25) is 5.91 Å². The summed E-state index contributed by atoms with van der Waals surface area (Å²) in [7, 11) is 0. The number of carbonyl (C=O) groups excluding carboxylic acids is 1. The Morgan fingerprint density at radius 3 is 2.86 bits per heavy atom. The summed E-state index contributed by atoms with van der Waals surface area (Å²) in [6.07, 6.45) is 3.56. The van der Waals surface area contributed by atoms with Crippen LogP contribution in [0.15, 0.2) is 24.5 Å². The van der Waals surface area contributed by atoms with Gasteiger partial charge in [0.15, 0.2) is 0 Å². The molecule has 21 heavy (non-hydrogen) atoms. The predicted octanol–water partition coefficient (Wildman–Crippen LogP) is 1.04. The first-order valence-corrected chi connectivity index (χ1v) is 6.93. The summed E-state index contributed by atoms with van der Waals surface area (Å²) in [6, 6.07) is 5.61. The van der Waals surface area contributed by atoms with Crippen LogP contribution in [0.3, 0.4) is 0 Å². The molecule has 0 aliphatic heterocycles. The Kier molecular flexibility index (Phi) is 3.21. The lowest BCUT2D eigenvalue weighted by molar-refractivity contribution is -0.121. The maximum atomic E-state index is 12.3. The lowest BCUT2D eigenvalue weighted by Crippen LogP contribution is -2.50. The maximum absolute atomic E-state index is 12.3. The number of rotatable bonds is 4. The minimum absolute atomic E-state index is 0.156. The summed E-state index contributed by atoms with van der Waals surface area (Å²) in [5, 5.41) is 14.0. The molecule has 1 fully saturated rings. The summed E-state index contributed by atoms with van der Waals surface area (Å²) < 4.78 is 1.56. The van der Waals surface area contributed by atoms with Crippen molar-refractivity contribution in [2.45, 2.75) is 32.2 Å². The zero-order valence-corrected chi connectivity index (χ0v) is 12.1. The number of anilines is 1. The highest BCUT2D eigenvalue weighted by Gasteiger charge is 2.44. The molecule has 1 aliphatic carbocycles. The lowest BCUT2D eigenvalue weighted by atomic mass is 9.96. The number of hydrogen-bond acceptors (Lipinski definition) is 5. The third-order valence-corrected chi connectivity index (χ3v) is 3.98. The van der Waals surface area contributed by atoms with E-state index in [2.05, 4.69) is 20.8 Å². The molecular formula is C14H18N6O. The number of carbonyl (C=O) groups is 1. The van der Waals surface area contributed by atoms with Crippen molar-refractivity contribution in [1.29, 1.82) is 0 Å². The van der Waals surface area contributed by atoms with Crippen molar-refractivity contribution < 1.29 is 4.79 Å². The molecule has 0 bridgehead atoms. The van der Waals surface area contributed by atoms with Gasteiger partial charge in [-0.25, -0.2) is 4.68 Å². The maximum Gasteiger partial charge on any atom is 0.244 e. The molecule has 1 aromatic heterocycles. The smallest absolute Gasteiger partial charge is 0.244 e. The standard InChI is InChI=1S/C14H18N6O/c1-9-3-6-11(7-12(9)20-8-16-18-19-20)17-13(21)14(2,15)10-4-5-10/h3,6-8,10H,4-5,15H2,1-2H3,(H,17,21). The number of nitrogens with zero attached hydrogens (tertiary/aromatic N) is 4. The van der Waals surface area contributed by atoms with E-state index in [1.807, 2.05) is 25.1 Å². The quantitative estimate of drug-likeness (QED) is 0.874. The number of nitrogens with one attached hydrogen (secondary N) is 1. The van der Waals surface area contributed by atoms with Gasteiger partial charge in [0, 0.05) is 5.69 Å². The highest BCUT2D eigenvalue weighted by atomic mass is 16.2. The van der Waals surface area contributed by atoms with Crippen LogP contribution in [-0.4, -0.2) is 31.7 Å². The molecular weight excluding hydrogens is 268 g/mol. The van der Waals surface area contributed by atoms with Crippen LogP contribution < -0.4 is 11.1 Å². The van der Waals surface area contributed by atoms with Gasteiger partial charge < -0.3 is 11.1 Å². The molecule has 1 aromatic carbocycles. The van der Waals surface area contributed by atoms with Gasteiger partial charge in [-0.05, 0) is 60.7 Å². The van der Waals surface area contributed by atoms with E-state index in [4.69, 9.17) is 5.73 Å². The van der Waals surface area contributed by atoms with Gasteiger partial charge in [0.05, 0.1) is 11.2 Å². The second-order valence-corrected chi connectivity index (χ2v) is 5.77. The van der Waals surface area contributed by atoms with Gasteiger partial charge >= 0.3 is 0 Å². The van der Waals surface area contributed by atoms with Crippen LogP contribution in [0, 0.1) is 12.8 Å². The summed E-state index contributed by atoms with van der Waals surface area (Å²) in [5.41, 5.74) is 7.83. The molecule has 0 spiro atoms. The van der Waals surface area contributed by atoms with E-state index in [-0.39, 0.29) is 11.8 Å². The molecule has 1 atom stereocenters. The van der Waals surface area contributed by atoms with Crippen LogP contribution in [0.5, 0.6) is 0 Å². The van der Waals surface area contributed by atoms with Crippen molar-refractivity contribution >= 4 is 11.6 Å². The zero-order valence-electron chi connectivity index (χ0n) is 12.1. The van der Waals surface area contributed by atoms with Crippen LogP contribution in [0.2, 0.25) is 0 Å². The molecule has 3 rings (SSSR count). The molecule has 0 saturated heterocycles. The fraction of sp³-hybridized carbons (Fsp3) is 0.429. The molecule has 0 radical (unpaired) electrons. The first kappa shape index (κ1) is 13.7. The van der Waals surface area contributed by atoms with Crippen LogP contribution >= 0.6 is 0 Å². The summed E-state index contributed by atoms with van der Waals surface area (Å²) >= 11 is 0. The minimum Gasteiger partial charge on any atom is -0.324 e. The number of tetrazole rings is 1. The highest BCUT2D eigenvalue weighted by molar-refractivity contribution is 5.98. The molecule has 110 valence electrons. The molecule has 1 aliphatic rings. The second-order valence-electron chi connectivity index (χ2n) is 5.77. The zero-order chi connectivity index (χ0) is 15.0. The largest absolute Gasteiger partial charge is 0.324 e. The van der Waals surface area contributed by atoms with E-state index in [1.165, 1.54) is 6.33 Å². The Bertz CT molecular complexity index is 660. The number of nitrogens with two attached hydrogens (primary N) is 1. The van der Waals surface area contributed by atoms with Crippen LogP contribution in [0.1, 0.15) is 25.3 Å². The fourth-order valence-corrected chi connectivity index (χ4v) is 2.34. The van der Waals surface area contributed by atoms with Gasteiger partial charge in [-0.3, -0.25) is 4.79 Å². The van der Waals surface area contributed by atoms with Crippen molar-refractivity contribution in [2.75, 3.05) is 5.32 Å². The molecule has 7 heteroatoms. The van der Waals surface area contributed by atoms with Gasteiger partial charge in [0.1, 0.15) is 6.33 Å². The monoisotopic (exact) mass is 286 g/mol. The van der Waals surface area contributed by atoms with Gasteiger partial charge in [-0.15, -0.1) is 5.10 Å². The molecule has 1 unspecified atom stereocenters. The second kappa shape index (κ2) is 4.92. The van der Waals surface area contributed by atoms with E-state index in [1.54, 1.807) is 11.6 Å². The highest BCUT2D eigenvalue weighted by Crippen LogP contribution is 2.38. The lowest BCUT2D eigenvalue weighted by Gasteiger charge is -2.23. The fourth-order valence-electron chi connectivity index (χ4n) is 2.34. The van der Waals surface area contributed by atoms with E-state index < -0.39 is 5.54 Å². The number of benzene rings is 1. The third-order valence-electron chi connectivity index (χ3n) is 3.98. The molecule has 1 saturated carbocycles. The molecule has 7 nitrogen and oxygen atoms in total. The van der Waals surface area contributed by atoms with Crippen molar-refractivity contribution in [2.24, 2.45) is 11.7 Å². The average Bonchev–Trinajstić information content (AvgIpc) is 3.18. The van der Waals surface area contributed by atoms with Crippen molar-refractivity contribution in [3.63, 3.8) is 0 Å². The summed E-state index contributed by atoms with van der Waals surface area (Å²) in [5.74, 6) is 0.124. The Morgan fingerprint density at radius 2 is 2.24 bits per heavy atom. The van der Waals surface area contributed by atoms with E-state index in [9.17, 15) is 4.79 Å². The first-order valence-electron chi connectivity index (χ1n) is 6.93. The van der Waals surface area contributed by atoms with Gasteiger partial charge in [0.25, 0.3) is 0 Å². The molecule has 2 aromatic rings. The van der Waals surface area contributed by atoms with Crippen molar-refractivity contribution in [1.82, 2.24) is 20.2 Å². The normalized spacial score (nSPS) is 17.3. The van der Waals surface area contributed by atoms with Crippen molar-refractivity contribution in [3.8, 4) is 5.69 Å². The topological polar surface area (TPSA) is 98.7 Å². The number of hydrogen-bond donors (Lipinski definition) is 2. The minimum atomic E-state index is -0.820. The van der Waals surface area contributed by atoms with Crippen LogP contribution in [-0.2, 0) is 4.79 Å². The van der Waals surface area contributed by atoms with Gasteiger partial charge in [-0.1, -0.05) is 6.07 Å². The average molecular weight is 286 g/mol. The van der Waals surface area contributed by atoms with Crippen molar-refractivity contribution in [3.05, 3.63) is 30.1 Å². The van der Waals surface area contributed by atoms with Gasteiger partial charge in [-0.2, -0.15) is 0 Å². The first-order chi connectivity index (χ1) is 9.98. The van der Waals surface area contributed by atoms with Crippen LogP contribution in [0.25, 0.3) is 5.69 Å². The number of aromatic nitrogens is 4. The van der Waals surface area contributed by atoms with E-state index >= 15 is 0 Å². The Morgan fingerprint density at radius 1 is 1.48 bits per heavy atom. The Hall–Kier alpha value is -2.28. The molecule has 1 amide bonds. The van der Waals surface area contributed by atoms with E-state index in [0.717, 1.165) is 24.1 Å². The number of amides is 1. The molecule has 1 heterocycles.